The summed E-state index contributed by atoms with van der Waals surface area (Å²) in [6.07, 6.45) is 4.43. The maximum absolute atomic E-state index is 12.5. The molecule has 2 rings (SSSR count). The van der Waals surface area contributed by atoms with Gasteiger partial charge < -0.3 is 10.4 Å². The zero-order chi connectivity index (χ0) is 16.1. The Labute approximate surface area is 130 Å². The molecule has 120 valence electrons. The lowest BCUT2D eigenvalue weighted by molar-refractivity contribution is 0.0944. The second-order valence-corrected chi connectivity index (χ2v) is 5.69. The van der Waals surface area contributed by atoms with Crippen molar-refractivity contribution in [2.45, 2.75) is 33.1 Å². The number of fused-ring (bicyclic) bond motifs is 1. The Balaban J connectivity index is 2.16. The number of amides is 1. The molecule has 2 heterocycles. The van der Waals surface area contributed by atoms with E-state index >= 15 is 0 Å². The van der Waals surface area contributed by atoms with Crippen LogP contribution in [0, 0.1) is 12.8 Å². The molecule has 0 saturated carbocycles. The molecular weight excluding hydrogens is 280 g/mol. The van der Waals surface area contributed by atoms with Gasteiger partial charge in [-0.2, -0.15) is 5.10 Å². The van der Waals surface area contributed by atoms with Crippen molar-refractivity contribution in [3.63, 3.8) is 0 Å². The van der Waals surface area contributed by atoms with Gasteiger partial charge in [0.05, 0.1) is 17.1 Å². The third-order valence-electron chi connectivity index (χ3n) is 3.86. The molecule has 1 atom stereocenters. The van der Waals surface area contributed by atoms with E-state index < -0.39 is 0 Å². The summed E-state index contributed by atoms with van der Waals surface area (Å²) in [5.74, 6) is 0.203. The molecule has 0 fully saturated rings. The van der Waals surface area contributed by atoms with Crippen molar-refractivity contribution in [3.05, 3.63) is 23.5 Å². The first-order valence-electron chi connectivity index (χ1n) is 7.75. The van der Waals surface area contributed by atoms with Crippen molar-refractivity contribution in [1.29, 1.82) is 0 Å². The van der Waals surface area contributed by atoms with Gasteiger partial charge in [-0.3, -0.25) is 9.48 Å². The van der Waals surface area contributed by atoms with Crippen molar-refractivity contribution in [2.24, 2.45) is 13.0 Å². The third-order valence-corrected chi connectivity index (χ3v) is 3.86. The number of nitrogens with one attached hydrogen (secondary N) is 1. The normalized spacial score (nSPS) is 12.5. The molecule has 0 saturated heterocycles. The smallest absolute Gasteiger partial charge is 0.252 e. The number of rotatable bonds is 7. The minimum absolute atomic E-state index is 0.109. The third kappa shape index (κ3) is 3.62. The lowest BCUT2D eigenvalue weighted by atomic mass is 10.00. The van der Waals surface area contributed by atoms with Gasteiger partial charge in [-0.15, -0.1) is 0 Å². The van der Waals surface area contributed by atoms with E-state index in [-0.39, 0.29) is 12.5 Å². The lowest BCUT2D eigenvalue weighted by Gasteiger charge is -2.16. The Kier molecular flexibility index (Phi) is 5.49. The zero-order valence-corrected chi connectivity index (χ0v) is 13.5. The Morgan fingerprint density at radius 3 is 2.91 bits per heavy atom. The molecule has 0 aliphatic heterocycles. The van der Waals surface area contributed by atoms with Crippen LogP contribution in [-0.4, -0.2) is 38.9 Å². The molecule has 2 N–H and O–H groups in total. The number of aliphatic hydroxyl groups excluding tert-OH is 1. The molecule has 0 aliphatic carbocycles. The molecule has 6 heteroatoms. The van der Waals surface area contributed by atoms with E-state index in [9.17, 15) is 4.79 Å². The number of nitrogens with zero attached hydrogens (tertiary/aromatic N) is 3. The highest BCUT2D eigenvalue weighted by molar-refractivity contribution is 6.05. The van der Waals surface area contributed by atoms with Gasteiger partial charge in [0.1, 0.15) is 0 Å². The van der Waals surface area contributed by atoms with Crippen LogP contribution in [0.5, 0.6) is 0 Å². The van der Waals surface area contributed by atoms with Crippen molar-refractivity contribution in [3.8, 4) is 0 Å². The van der Waals surface area contributed by atoms with Crippen molar-refractivity contribution in [2.75, 3.05) is 13.2 Å². The van der Waals surface area contributed by atoms with Crippen LogP contribution < -0.4 is 5.32 Å². The number of hydrogen-bond acceptors (Lipinski definition) is 4. The Bertz CT molecular complexity index is 645. The predicted molar refractivity (Wildman–Crippen MR) is 85.7 cm³/mol. The molecule has 6 nitrogen and oxygen atoms in total. The summed E-state index contributed by atoms with van der Waals surface area (Å²) in [6.45, 7) is 4.71. The van der Waals surface area contributed by atoms with Crippen LogP contribution in [0.2, 0.25) is 0 Å². The molecule has 0 aromatic carbocycles. The van der Waals surface area contributed by atoms with Crippen LogP contribution in [0.15, 0.2) is 12.3 Å². The summed E-state index contributed by atoms with van der Waals surface area (Å²) in [6, 6.07) is 1.79. The molecule has 0 spiro atoms. The molecule has 2 aromatic rings. The number of aromatic nitrogens is 3. The standard InChI is InChI=1S/C16H24N4O2/c1-4-5-12(6-7-21)9-17-16(22)13-8-11(2)19-15-14(13)10-18-20(15)3/h8,10,12,21H,4-7,9H2,1-3H3,(H,17,22). The van der Waals surface area contributed by atoms with Crippen LogP contribution in [0.25, 0.3) is 11.0 Å². The summed E-state index contributed by atoms with van der Waals surface area (Å²) < 4.78 is 1.67. The van der Waals surface area contributed by atoms with E-state index in [1.807, 2.05) is 14.0 Å². The van der Waals surface area contributed by atoms with Gasteiger partial charge in [-0.1, -0.05) is 13.3 Å². The van der Waals surface area contributed by atoms with Gasteiger partial charge >= 0.3 is 0 Å². The van der Waals surface area contributed by atoms with Crippen LogP contribution in [0.3, 0.4) is 0 Å². The van der Waals surface area contributed by atoms with Gasteiger partial charge in [0.25, 0.3) is 5.91 Å². The minimum Gasteiger partial charge on any atom is -0.396 e. The van der Waals surface area contributed by atoms with Crippen LogP contribution in [0.1, 0.15) is 42.2 Å². The Hall–Kier alpha value is -1.95. The number of aliphatic hydroxyl groups is 1. The SMILES string of the molecule is CCCC(CCO)CNC(=O)c1cc(C)nc2c1cnn2C. The first-order valence-corrected chi connectivity index (χ1v) is 7.75. The van der Waals surface area contributed by atoms with E-state index in [2.05, 4.69) is 22.3 Å². The van der Waals surface area contributed by atoms with E-state index in [4.69, 9.17) is 5.11 Å². The average Bonchev–Trinajstić information content (AvgIpc) is 2.85. The van der Waals surface area contributed by atoms with Crippen LogP contribution in [0.4, 0.5) is 0 Å². The Morgan fingerprint density at radius 2 is 2.23 bits per heavy atom. The maximum Gasteiger partial charge on any atom is 0.252 e. The maximum atomic E-state index is 12.5. The number of pyridine rings is 1. The molecule has 0 aliphatic rings. The fourth-order valence-electron chi connectivity index (χ4n) is 2.70. The number of carbonyl (C=O) groups excluding carboxylic acids is 1. The summed E-state index contributed by atoms with van der Waals surface area (Å²) in [5.41, 5.74) is 2.11. The zero-order valence-electron chi connectivity index (χ0n) is 13.5. The Morgan fingerprint density at radius 1 is 1.45 bits per heavy atom. The largest absolute Gasteiger partial charge is 0.396 e. The fourth-order valence-corrected chi connectivity index (χ4v) is 2.70. The van der Waals surface area contributed by atoms with Crippen molar-refractivity contribution in [1.82, 2.24) is 20.1 Å². The summed E-state index contributed by atoms with van der Waals surface area (Å²) >= 11 is 0. The van der Waals surface area contributed by atoms with Gasteiger partial charge in [-0.25, -0.2) is 4.98 Å². The van der Waals surface area contributed by atoms with Crippen LogP contribution in [-0.2, 0) is 7.05 Å². The summed E-state index contributed by atoms with van der Waals surface area (Å²) in [5, 5.41) is 17.0. The number of carbonyl (C=O) groups is 1. The number of aryl methyl sites for hydroxylation is 2. The second kappa shape index (κ2) is 7.35. The first kappa shape index (κ1) is 16.4. The topological polar surface area (TPSA) is 80.0 Å². The molecule has 0 bridgehead atoms. The van der Waals surface area contributed by atoms with Crippen LogP contribution >= 0.6 is 0 Å². The highest BCUT2D eigenvalue weighted by Crippen LogP contribution is 2.18. The monoisotopic (exact) mass is 304 g/mol. The fraction of sp³-hybridized carbons (Fsp3) is 0.562. The van der Waals surface area contributed by atoms with Gasteiger partial charge in [0, 0.05) is 25.9 Å². The first-order chi connectivity index (χ1) is 10.6. The quantitative estimate of drug-likeness (QED) is 0.817. The summed E-state index contributed by atoms with van der Waals surface area (Å²) in [7, 11) is 1.81. The van der Waals surface area contributed by atoms with Gasteiger partial charge in [0.2, 0.25) is 0 Å². The average molecular weight is 304 g/mol. The molecule has 1 amide bonds. The molecule has 1 unspecified atom stereocenters. The molecular formula is C16H24N4O2. The lowest BCUT2D eigenvalue weighted by Crippen LogP contribution is -2.30. The van der Waals surface area contributed by atoms with E-state index in [0.29, 0.717) is 30.1 Å². The molecule has 22 heavy (non-hydrogen) atoms. The van der Waals surface area contributed by atoms with E-state index in [1.165, 1.54) is 0 Å². The second-order valence-electron chi connectivity index (χ2n) is 5.69. The van der Waals surface area contributed by atoms with E-state index in [1.54, 1.807) is 16.9 Å². The number of hydrogen-bond donors (Lipinski definition) is 2. The van der Waals surface area contributed by atoms with Crippen molar-refractivity contribution >= 4 is 16.9 Å². The molecule has 2 aromatic heterocycles. The van der Waals surface area contributed by atoms with Crippen molar-refractivity contribution < 1.29 is 9.90 Å². The van der Waals surface area contributed by atoms with E-state index in [0.717, 1.165) is 23.9 Å². The highest BCUT2D eigenvalue weighted by Gasteiger charge is 2.16. The molecule has 0 radical (unpaired) electrons. The highest BCUT2D eigenvalue weighted by atomic mass is 16.3. The van der Waals surface area contributed by atoms with Gasteiger partial charge in [0.15, 0.2) is 5.65 Å². The summed E-state index contributed by atoms with van der Waals surface area (Å²) in [4.78, 5) is 16.9. The predicted octanol–water partition coefficient (Wildman–Crippen LogP) is 1.81. The minimum atomic E-state index is -0.109. The van der Waals surface area contributed by atoms with Gasteiger partial charge in [-0.05, 0) is 31.7 Å².